The number of nitrogens with zero attached hydrogens (tertiary/aromatic N) is 5. The number of carbonyl (C=O) groups is 1. The molecular formula is C18H16N6O3. The van der Waals surface area contributed by atoms with Crippen molar-refractivity contribution in [1.29, 1.82) is 0 Å². The first-order chi connectivity index (χ1) is 13.3. The second-order valence-electron chi connectivity index (χ2n) is 6.50. The van der Waals surface area contributed by atoms with Crippen molar-refractivity contribution < 1.29 is 13.7 Å². The molecule has 1 aliphatic carbocycles. The van der Waals surface area contributed by atoms with Crippen molar-refractivity contribution in [3.8, 4) is 11.5 Å². The fourth-order valence-corrected chi connectivity index (χ4v) is 2.91. The van der Waals surface area contributed by atoms with Crippen molar-refractivity contribution in [2.45, 2.75) is 31.7 Å². The molecule has 5 rings (SSSR count). The third kappa shape index (κ3) is 3.07. The molecule has 0 spiro atoms. The van der Waals surface area contributed by atoms with E-state index >= 15 is 0 Å². The van der Waals surface area contributed by atoms with Crippen LogP contribution in [-0.4, -0.2) is 30.6 Å². The Bertz CT molecular complexity index is 1090. The van der Waals surface area contributed by atoms with Gasteiger partial charge in [-0.3, -0.25) is 9.20 Å². The van der Waals surface area contributed by atoms with Crippen molar-refractivity contribution in [1.82, 2.24) is 30.1 Å². The van der Waals surface area contributed by atoms with E-state index in [1.165, 1.54) is 0 Å². The molecule has 0 aliphatic heterocycles. The minimum atomic E-state index is -0.167. The summed E-state index contributed by atoms with van der Waals surface area (Å²) >= 11 is 0. The number of furan rings is 1. The van der Waals surface area contributed by atoms with Gasteiger partial charge in [-0.15, -0.1) is 10.2 Å². The SMILES string of the molecule is O=C(Cc1nnc2c(-c3nc(C4CC4)no3)cccn12)NCc1ccco1. The van der Waals surface area contributed by atoms with Gasteiger partial charge in [0, 0.05) is 12.1 Å². The summed E-state index contributed by atoms with van der Waals surface area (Å²) in [5.41, 5.74) is 1.28. The molecule has 4 heterocycles. The summed E-state index contributed by atoms with van der Waals surface area (Å²) < 4.78 is 12.4. The standard InChI is InChI=1S/C18H16N6O3/c25-15(19-10-12-3-2-8-26-12)9-14-21-22-17-13(4-1-7-24(14)17)18-20-16(23-27-18)11-5-6-11/h1-4,7-8,11H,5-6,9-10H2,(H,19,25). The highest BCUT2D eigenvalue weighted by Gasteiger charge is 2.29. The molecule has 0 atom stereocenters. The normalized spacial score (nSPS) is 13.9. The van der Waals surface area contributed by atoms with Crippen molar-refractivity contribution in [2.24, 2.45) is 0 Å². The molecule has 0 bridgehead atoms. The van der Waals surface area contributed by atoms with E-state index in [1.54, 1.807) is 22.8 Å². The smallest absolute Gasteiger partial charge is 0.261 e. The zero-order valence-corrected chi connectivity index (χ0v) is 14.3. The molecule has 1 N–H and O–H groups in total. The Morgan fingerprint density at radius 1 is 1.26 bits per heavy atom. The summed E-state index contributed by atoms with van der Waals surface area (Å²) in [4.78, 5) is 16.7. The number of amides is 1. The van der Waals surface area contributed by atoms with E-state index in [1.807, 2.05) is 18.3 Å². The molecule has 9 nitrogen and oxygen atoms in total. The Balaban J connectivity index is 1.37. The van der Waals surface area contributed by atoms with Gasteiger partial charge in [-0.05, 0) is 37.1 Å². The number of pyridine rings is 1. The molecule has 0 saturated heterocycles. The van der Waals surface area contributed by atoms with Crippen LogP contribution in [0.5, 0.6) is 0 Å². The summed E-state index contributed by atoms with van der Waals surface area (Å²) in [6.45, 7) is 0.333. The number of hydrogen-bond donors (Lipinski definition) is 1. The molecule has 9 heteroatoms. The monoisotopic (exact) mass is 364 g/mol. The maximum absolute atomic E-state index is 12.2. The first kappa shape index (κ1) is 15.7. The van der Waals surface area contributed by atoms with Crippen molar-refractivity contribution >= 4 is 11.6 Å². The van der Waals surface area contributed by atoms with E-state index in [0.717, 1.165) is 18.7 Å². The second-order valence-corrected chi connectivity index (χ2v) is 6.50. The van der Waals surface area contributed by atoms with Crippen LogP contribution in [0.25, 0.3) is 17.1 Å². The van der Waals surface area contributed by atoms with Crippen molar-refractivity contribution in [3.05, 3.63) is 54.1 Å². The van der Waals surface area contributed by atoms with Crippen LogP contribution in [0.3, 0.4) is 0 Å². The Labute approximate surface area is 153 Å². The molecule has 1 aliphatic rings. The first-order valence-corrected chi connectivity index (χ1v) is 8.73. The van der Waals surface area contributed by atoms with Gasteiger partial charge in [0.2, 0.25) is 5.91 Å². The van der Waals surface area contributed by atoms with E-state index in [9.17, 15) is 4.79 Å². The van der Waals surface area contributed by atoms with Gasteiger partial charge in [0.1, 0.15) is 11.6 Å². The molecule has 1 amide bonds. The van der Waals surface area contributed by atoms with Gasteiger partial charge < -0.3 is 14.3 Å². The summed E-state index contributed by atoms with van der Waals surface area (Å²) in [5, 5.41) is 15.2. The zero-order chi connectivity index (χ0) is 18.2. The van der Waals surface area contributed by atoms with Crippen LogP contribution < -0.4 is 5.32 Å². The van der Waals surface area contributed by atoms with E-state index in [-0.39, 0.29) is 12.3 Å². The topological polar surface area (TPSA) is 111 Å². The Hall–Kier alpha value is -3.49. The van der Waals surface area contributed by atoms with E-state index in [0.29, 0.717) is 41.1 Å². The molecule has 1 saturated carbocycles. The third-order valence-corrected chi connectivity index (χ3v) is 4.48. The fraction of sp³-hybridized carbons (Fsp3) is 0.278. The number of aromatic nitrogens is 5. The average molecular weight is 364 g/mol. The van der Waals surface area contributed by atoms with Crippen LogP contribution in [0.2, 0.25) is 0 Å². The predicted molar refractivity (Wildman–Crippen MR) is 92.5 cm³/mol. The summed E-state index contributed by atoms with van der Waals surface area (Å²) in [5.74, 6) is 2.63. The van der Waals surface area contributed by atoms with Crippen LogP contribution in [0.1, 0.15) is 36.2 Å². The molecule has 1 fully saturated rings. The first-order valence-electron chi connectivity index (χ1n) is 8.73. The zero-order valence-electron chi connectivity index (χ0n) is 14.3. The lowest BCUT2D eigenvalue weighted by molar-refractivity contribution is -0.120. The molecule has 0 aromatic carbocycles. The Morgan fingerprint density at radius 2 is 2.19 bits per heavy atom. The molecule has 27 heavy (non-hydrogen) atoms. The lowest BCUT2D eigenvalue weighted by Gasteiger charge is -2.03. The molecule has 4 aromatic heterocycles. The highest BCUT2D eigenvalue weighted by molar-refractivity contribution is 5.78. The molecule has 4 aromatic rings. The van der Waals surface area contributed by atoms with Crippen LogP contribution in [0.4, 0.5) is 0 Å². The van der Waals surface area contributed by atoms with Crippen LogP contribution in [0.15, 0.2) is 45.7 Å². The maximum atomic E-state index is 12.2. The van der Waals surface area contributed by atoms with E-state index < -0.39 is 0 Å². The molecule has 136 valence electrons. The van der Waals surface area contributed by atoms with Gasteiger partial charge in [-0.2, -0.15) is 4.98 Å². The second kappa shape index (κ2) is 6.35. The van der Waals surface area contributed by atoms with Crippen LogP contribution in [0, 0.1) is 0 Å². The summed E-state index contributed by atoms with van der Waals surface area (Å²) in [6, 6.07) is 7.28. The average Bonchev–Trinajstić information content (AvgIpc) is 3.10. The highest BCUT2D eigenvalue weighted by atomic mass is 16.5. The fourth-order valence-electron chi connectivity index (χ4n) is 2.91. The van der Waals surface area contributed by atoms with Gasteiger partial charge in [0.15, 0.2) is 11.5 Å². The van der Waals surface area contributed by atoms with Crippen molar-refractivity contribution in [3.63, 3.8) is 0 Å². The largest absolute Gasteiger partial charge is 0.467 e. The van der Waals surface area contributed by atoms with Gasteiger partial charge in [0.25, 0.3) is 5.89 Å². The molecule has 0 radical (unpaired) electrons. The minimum absolute atomic E-state index is 0.0997. The number of carbonyl (C=O) groups excluding carboxylic acids is 1. The van der Waals surface area contributed by atoms with Gasteiger partial charge >= 0.3 is 0 Å². The van der Waals surface area contributed by atoms with E-state index in [2.05, 4.69) is 25.7 Å². The maximum Gasteiger partial charge on any atom is 0.261 e. The van der Waals surface area contributed by atoms with Crippen LogP contribution in [-0.2, 0) is 17.8 Å². The number of nitrogens with one attached hydrogen (secondary N) is 1. The van der Waals surface area contributed by atoms with Crippen molar-refractivity contribution in [2.75, 3.05) is 0 Å². The Morgan fingerprint density at radius 3 is 3.00 bits per heavy atom. The lowest BCUT2D eigenvalue weighted by atomic mass is 10.2. The number of hydrogen-bond acceptors (Lipinski definition) is 7. The van der Waals surface area contributed by atoms with Gasteiger partial charge in [-0.1, -0.05) is 5.16 Å². The minimum Gasteiger partial charge on any atom is -0.467 e. The quantitative estimate of drug-likeness (QED) is 0.558. The molecule has 0 unspecified atom stereocenters. The number of rotatable bonds is 6. The highest BCUT2D eigenvalue weighted by Crippen LogP contribution is 2.39. The van der Waals surface area contributed by atoms with Crippen LogP contribution >= 0.6 is 0 Å². The molecular weight excluding hydrogens is 348 g/mol. The summed E-state index contributed by atoms with van der Waals surface area (Å²) in [6.07, 6.45) is 5.69. The lowest BCUT2D eigenvalue weighted by Crippen LogP contribution is -2.25. The van der Waals surface area contributed by atoms with E-state index in [4.69, 9.17) is 8.94 Å². The van der Waals surface area contributed by atoms with Gasteiger partial charge in [0.05, 0.1) is 24.8 Å². The number of fused-ring (bicyclic) bond motifs is 1. The predicted octanol–water partition coefficient (Wildman–Crippen LogP) is 2.11. The van der Waals surface area contributed by atoms with Gasteiger partial charge in [-0.25, -0.2) is 0 Å². The third-order valence-electron chi connectivity index (χ3n) is 4.48. The summed E-state index contributed by atoms with van der Waals surface area (Å²) in [7, 11) is 0. The Kier molecular flexibility index (Phi) is 3.70.